The number of rotatable bonds is 5. The fraction of sp³-hybridized carbons (Fsp3) is 0.278. The Bertz CT molecular complexity index is 804. The zero-order chi connectivity index (χ0) is 17.8. The summed E-state index contributed by atoms with van der Waals surface area (Å²) in [4.78, 5) is 25.2. The van der Waals surface area contributed by atoms with Gasteiger partial charge >= 0.3 is 0 Å². The molecule has 0 aliphatic carbocycles. The first-order chi connectivity index (χ1) is 12.1. The van der Waals surface area contributed by atoms with Crippen LogP contribution in [0.5, 0.6) is 0 Å². The van der Waals surface area contributed by atoms with Gasteiger partial charge in [-0.15, -0.1) is 0 Å². The number of nitro benzene ring substituents is 1. The van der Waals surface area contributed by atoms with E-state index in [1.165, 1.54) is 18.2 Å². The van der Waals surface area contributed by atoms with Crippen molar-refractivity contribution in [3.63, 3.8) is 0 Å². The van der Waals surface area contributed by atoms with Crippen LogP contribution in [0.1, 0.15) is 28.8 Å². The number of carbonyl (C=O) groups excluding carboxylic acids is 1. The molecule has 1 N–H and O–H groups in total. The van der Waals surface area contributed by atoms with Gasteiger partial charge in [0.25, 0.3) is 11.6 Å². The molecule has 0 radical (unpaired) electrons. The van der Waals surface area contributed by atoms with Crippen LogP contribution in [0.25, 0.3) is 0 Å². The van der Waals surface area contributed by atoms with Crippen LogP contribution in [0, 0.1) is 15.9 Å². The summed E-state index contributed by atoms with van der Waals surface area (Å²) in [5, 5.41) is 13.7. The van der Waals surface area contributed by atoms with Gasteiger partial charge in [0.15, 0.2) is 0 Å². The Morgan fingerprint density at radius 3 is 2.60 bits per heavy atom. The molecule has 0 unspecified atom stereocenters. The minimum Gasteiger partial charge on any atom is -0.371 e. The molecule has 3 rings (SSSR count). The standard InChI is InChI=1S/C18H18FN3O3/c19-16-6-2-1-5-13(16)12-20-18(23)15-11-14(22(24)25)7-8-17(15)21-9-3-4-10-21/h1-2,5-8,11H,3-4,9-10,12H2,(H,20,23). The van der Waals surface area contributed by atoms with Crippen molar-refractivity contribution in [1.29, 1.82) is 0 Å². The highest BCUT2D eigenvalue weighted by molar-refractivity contribution is 6.00. The predicted octanol–water partition coefficient (Wildman–Crippen LogP) is 3.26. The maximum absolute atomic E-state index is 13.7. The van der Waals surface area contributed by atoms with E-state index < -0.39 is 16.6 Å². The number of benzene rings is 2. The lowest BCUT2D eigenvalue weighted by Crippen LogP contribution is -2.27. The van der Waals surface area contributed by atoms with E-state index in [-0.39, 0.29) is 17.8 Å². The van der Waals surface area contributed by atoms with E-state index in [1.807, 2.05) is 4.90 Å². The van der Waals surface area contributed by atoms with E-state index in [0.29, 0.717) is 11.3 Å². The van der Waals surface area contributed by atoms with Crippen molar-refractivity contribution in [1.82, 2.24) is 5.32 Å². The van der Waals surface area contributed by atoms with Crippen LogP contribution in [-0.2, 0) is 6.54 Å². The maximum atomic E-state index is 13.7. The van der Waals surface area contributed by atoms with E-state index in [9.17, 15) is 19.3 Å². The van der Waals surface area contributed by atoms with Crippen LogP contribution in [0.3, 0.4) is 0 Å². The summed E-state index contributed by atoms with van der Waals surface area (Å²) >= 11 is 0. The van der Waals surface area contributed by atoms with Crippen molar-refractivity contribution < 1.29 is 14.1 Å². The second-order valence-electron chi connectivity index (χ2n) is 5.93. The van der Waals surface area contributed by atoms with Crippen molar-refractivity contribution in [2.24, 2.45) is 0 Å². The van der Waals surface area contributed by atoms with Crippen molar-refractivity contribution in [2.45, 2.75) is 19.4 Å². The molecular weight excluding hydrogens is 325 g/mol. The van der Waals surface area contributed by atoms with Gasteiger partial charge < -0.3 is 10.2 Å². The van der Waals surface area contributed by atoms with Gasteiger partial charge in [-0.05, 0) is 25.0 Å². The number of halogens is 1. The Hall–Kier alpha value is -2.96. The molecule has 7 heteroatoms. The largest absolute Gasteiger partial charge is 0.371 e. The molecule has 0 aromatic heterocycles. The van der Waals surface area contributed by atoms with Crippen LogP contribution >= 0.6 is 0 Å². The first-order valence-electron chi connectivity index (χ1n) is 8.11. The molecule has 130 valence electrons. The van der Waals surface area contributed by atoms with Gasteiger partial charge in [0.2, 0.25) is 0 Å². The van der Waals surface area contributed by atoms with Gasteiger partial charge in [-0.1, -0.05) is 18.2 Å². The Balaban J connectivity index is 1.85. The average molecular weight is 343 g/mol. The number of hydrogen-bond donors (Lipinski definition) is 1. The Morgan fingerprint density at radius 2 is 1.92 bits per heavy atom. The lowest BCUT2D eigenvalue weighted by Gasteiger charge is -2.21. The molecule has 0 bridgehead atoms. The quantitative estimate of drug-likeness (QED) is 0.668. The number of nitro groups is 1. The smallest absolute Gasteiger partial charge is 0.270 e. The molecular formula is C18H18FN3O3. The molecule has 1 saturated heterocycles. The van der Waals surface area contributed by atoms with Crippen molar-refractivity contribution in [3.05, 3.63) is 69.5 Å². The number of nitrogens with one attached hydrogen (secondary N) is 1. The molecule has 1 amide bonds. The van der Waals surface area contributed by atoms with E-state index >= 15 is 0 Å². The molecule has 6 nitrogen and oxygen atoms in total. The first kappa shape index (κ1) is 16.9. The lowest BCUT2D eigenvalue weighted by molar-refractivity contribution is -0.384. The number of nitrogens with zero attached hydrogens (tertiary/aromatic N) is 2. The summed E-state index contributed by atoms with van der Waals surface area (Å²) in [6.07, 6.45) is 2.04. The van der Waals surface area contributed by atoms with Crippen LogP contribution in [0.2, 0.25) is 0 Å². The zero-order valence-corrected chi connectivity index (χ0v) is 13.6. The lowest BCUT2D eigenvalue weighted by atomic mass is 10.1. The summed E-state index contributed by atoms with van der Waals surface area (Å²) in [6, 6.07) is 10.5. The minimum absolute atomic E-state index is 0.0215. The summed E-state index contributed by atoms with van der Waals surface area (Å²) < 4.78 is 13.7. The fourth-order valence-electron chi connectivity index (χ4n) is 2.97. The summed E-state index contributed by atoms with van der Waals surface area (Å²) in [5.41, 5.74) is 1.14. The number of carbonyl (C=O) groups is 1. The Kier molecular flexibility index (Phi) is 4.92. The Morgan fingerprint density at radius 1 is 1.20 bits per heavy atom. The summed E-state index contributed by atoms with van der Waals surface area (Å²) in [7, 11) is 0. The average Bonchev–Trinajstić information content (AvgIpc) is 3.14. The van der Waals surface area contributed by atoms with Gasteiger partial charge in [-0.25, -0.2) is 4.39 Å². The van der Waals surface area contributed by atoms with Crippen LogP contribution in [0.4, 0.5) is 15.8 Å². The van der Waals surface area contributed by atoms with E-state index in [4.69, 9.17) is 0 Å². The topological polar surface area (TPSA) is 75.5 Å². The van der Waals surface area contributed by atoms with Gasteiger partial charge in [0.05, 0.1) is 16.2 Å². The third kappa shape index (κ3) is 3.76. The van der Waals surface area contributed by atoms with E-state index in [2.05, 4.69) is 5.32 Å². The van der Waals surface area contributed by atoms with Gasteiger partial charge in [0.1, 0.15) is 5.82 Å². The third-order valence-electron chi connectivity index (χ3n) is 4.28. The molecule has 0 spiro atoms. The SMILES string of the molecule is O=C(NCc1ccccc1F)c1cc([N+](=O)[O-])ccc1N1CCCC1. The van der Waals surface area contributed by atoms with Crippen LogP contribution in [-0.4, -0.2) is 23.9 Å². The normalized spacial score (nSPS) is 13.7. The molecule has 1 heterocycles. The molecule has 25 heavy (non-hydrogen) atoms. The second-order valence-corrected chi connectivity index (χ2v) is 5.93. The monoisotopic (exact) mass is 343 g/mol. The van der Waals surface area contributed by atoms with Gasteiger partial charge in [0, 0.05) is 37.3 Å². The molecule has 1 fully saturated rings. The fourth-order valence-corrected chi connectivity index (χ4v) is 2.97. The molecule has 0 atom stereocenters. The van der Waals surface area contributed by atoms with Crippen molar-refractivity contribution >= 4 is 17.3 Å². The summed E-state index contributed by atoms with van der Waals surface area (Å²) in [5.74, 6) is -0.851. The Labute approximate surface area is 144 Å². The zero-order valence-electron chi connectivity index (χ0n) is 13.6. The molecule has 2 aromatic carbocycles. The number of amides is 1. The van der Waals surface area contributed by atoms with Gasteiger partial charge in [-0.3, -0.25) is 14.9 Å². The molecule has 1 aliphatic rings. The second kappa shape index (κ2) is 7.29. The molecule has 1 aliphatic heterocycles. The molecule has 2 aromatic rings. The number of hydrogen-bond acceptors (Lipinski definition) is 4. The van der Waals surface area contributed by atoms with E-state index in [0.717, 1.165) is 25.9 Å². The number of anilines is 1. The maximum Gasteiger partial charge on any atom is 0.270 e. The third-order valence-corrected chi connectivity index (χ3v) is 4.28. The number of non-ortho nitro benzene ring substituents is 1. The van der Waals surface area contributed by atoms with Crippen LogP contribution in [0.15, 0.2) is 42.5 Å². The van der Waals surface area contributed by atoms with Crippen LogP contribution < -0.4 is 10.2 Å². The van der Waals surface area contributed by atoms with E-state index in [1.54, 1.807) is 24.3 Å². The van der Waals surface area contributed by atoms with Crippen molar-refractivity contribution in [2.75, 3.05) is 18.0 Å². The first-order valence-corrected chi connectivity index (χ1v) is 8.11. The summed E-state index contributed by atoms with van der Waals surface area (Å²) in [6.45, 7) is 1.64. The van der Waals surface area contributed by atoms with Gasteiger partial charge in [-0.2, -0.15) is 0 Å². The highest BCUT2D eigenvalue weighted by atomic mass is 19.1. The molecule has 0 saturated carbocycles. The van der Waals surface area contributed by atoms with Crippen molar-refractivity contribution in [3.8, 4) is 0 Å². The predicted molar refractivity (Wildman–Crippen MR) is 92.1 cm³/mol. The highest BCUT2D eigenvalue weighted by Crippen LogP contribution is 2.28. The highest BCUT2D eigenvalue weighted by Gasteiger charge is 2.22. The minimum atomic E-state index is -0.526.